The number of fused-ring (bicyclic) bond motifs is 3. The van der Waals surface area contributed by atoms with Gasteiger partial charge in [0.25, 0.3) is 5.52 Å². The Bertz CT molecular complexity index is 1040. The first-order valence-corrected chi connectivity index (χ1v) is 9.07. The van der Waals surface area contributed by atoms with E-state index in [2.05, 4.69) is 49.1 Å². The van der Waals surface area contributed by atoms with E-state index in [4.69, 9.17) is 4.84 Å². The molecule has 25 heavy (non-hydrogen) atoms. The Morgan fingerprint density at radius 2 is 1.52 bits per heavy atom. The minimum Gasteiger partial charge on any atom is -1.00 e. The van der Waals surface area contributed by atoms with E-state index < -0.39 is 0 Å². The first-order chi connectivity index (χ1) is 11.7. The molecular weight excluding hydrogens is 467 g/mol. The molecule has 0 amide bonds. The molecule has 6 heteroatoms. The summed E-state index contributed by atoms with van der Waals surface area (Å²) < 4.78 is 2.05. The minimum absolute atomic E-state index is 0. The Morgan fingerprint density at radius 3 is 2.28 bits per heavy atom. The Hall–Kier alpha value is -1.69. The molecule has 0 aliphatic carbocycles. The van der Waals surface area contributed by atoms with Gasteiger partial charge in [0, 0.05) is 20.4 Å². The van der Waals surface area contributed by atoms with E-state index in [-0.39, 0.29) is 12.4 Å². The van der Waals surface area contributed by atoms with Gasteiger partial charge in [0.1, 0.15) is 10.4 Å². The summed E-state index contributed by atoms with van der Waals surface area (Å²) in [7, 11) is 0. The van der Waals surface area contributed by atoms with Crippen LogP contribution >= 0.6 is 31.9 Å². The second-order valence-corrected chi connectivity index (χ2v) is 7.29. The fraction of sp³-hybridized carbons (Fsp3) is 0.0526. The zero-order valence-electron chi connectivity index (χ0n) is 13.0. The van der Waals surface area contributed by atoms with Gasteiger partial charge in [-0.25, -0.2) is 4.84 Å². The summed E-state index contributed by atoms with van der Waals surface area (Å²) in [6, 6.07) is 22.2. The van der Waals surface area contributed by atoms with Crippen LogP contribution in [0.3, 0.4) is 0 Å². The van der Waals surface area contributed by atoms with Crippen LogP contribution in [0.4, 0.5) is 0 Å². The summed E-state index contributed by atoms with van der Waals surface area (Å²) in [5, 5.41) is 6.82. The maximum absolute atomic E-state index is 5.96. The molecular formula is C19H13Br2ClN2O. The van der Waals surface area contributed by atoms with E-state index in [1.54, 1.807) is 4.85 Å². The summed E-state index contributed by atoms with van der Waals surface area (Å²) in [5.74, 6) is 0. The summed E-state index contributed by atoms with van der Waals surface area (Å²) >= 11 is 7.09. The molecule has 0 atom stereocenters. The van der Waals surface area contributed by atoms with E-state index in [0.717, 1.165) is 36.3 Å². The van der Waals surface area contributed by atoms with Gasteiger partial charge in [-0.1, -0.05) is 62.2 Å². The van der Waals surface area contributed by atoms with Crippen LogP contribution in [-0.2, 0) is 6.61 Å². The van der Waals surface area contributed by atoms with Crippen LogP contribution < -0.4 is 22.1 Å². The first-order valence-electron chi connectivity index (χ1n) is 7.49. The third-order valence-corrected chi connectivity index (χ3v) is 4.79. The average molecular weight is 481 g/mol. The van der Waals surface area contributed by atoms with Crippen molar-refractivity contribution in [2.24, 2.45) is 0 Å². The molecule has 0 saturated carbocycles. The number of aromatic nitrogens is 2. The van der Waals surface area contributed by atoms with Crippen molar-refractivity contribution in [3.8, 4) is 0 Å². The molecule has 1 aromatic heterocycles. The van der Waals surface area contributed by atoms with E-state index in [1.807, 2.05) is 54.6 Å². The van der Waals surface area contributed by atoms with Crippen LogP contribution in [0, 0.1) is 0 Å². The number of nitrogens with zero attached hydrogens (tertiary/aromatic N) is 2. The van der Waals surface area contributed by atoms with Crippen molar-refractivity contribution in [3.63, 3.8) is 0 Å². The molecule has 3 nitrogen and oxygen atoms in total. The van der Waals surface area contributed by atoms with Crippen LogP contribution in [0.2, 0.25) is 0 Å². The lowest BCUT2D eigenvalue weighted by Gasteiger charge is -2.04. The number of hydrogen-bond acceptors (Lipinski definition) is 2. The molecule has 0 saturated heterocycles. The minimum atomic E-state index is 0. The Labute approximate surface area is 168 Å². The van der Waals surface area contributed by atoms with Gasteiger partial charge in [-0.15, -0.1) is 0 Å². The van der Waals surface area contributed by atoms with Crippen molar-refractivity contribution in [1.29, 1.82) is 0 Å². The second-order valence-electron chi connectivity index (χ2n) is 5.45. The SMILES string of the molecule is Brc1ccc2n[n+](OCc3ccccc3)c3ccc(Br)cc3c2c1.[Cl-]. The highest BCUT2D eigenvalue weighted by molar-refractivity contribution is 9.10. The van der Waals surface area contributed by atoms with Crippen molar-refractivity contribution < 1.29 is 22.1 Å². The van der Waals surface area contributed by atoms with Gasteiger partial charge in [0.2, 0.25) is 0 Å². The van der Waals surface area contributed by atoms with E-state index in [1.165, 1.54) is 0 Å². The first kappa shape index (κ1) is 18.1. The average Bonchev–Trinajstić information content (AvgIpc) is 2.61. The van der Waals surface area contributed by atoms with Crippen LogP contribution in [0.25, 0.3) is 21.8 Å². The molecule has 0 spiro atoms. The van der Waals surface area contributed by atoms with Gasteiger partial charge in [-0.3, -0.25) is 0 Å². The smallest absolute Gasteiger partial charge is 0.297 e. The quantitative estimate of drug-likeness (QED) is 0.330. The molecule has 0 unspecified atom stereocenters. The summed E-state index contributed by atoms with van der Waals surface area (Å²) in [6.07, 6.45) is 0. The van der Waals surface area contributed by atoms with Crippen LogP contribution in [-0.4, -0.2) is 5.10 Å². The van der Waals surface area contributed by atoms with Gasteiger partial charge in [-0.05, 0) is 35.9 Å². The maximum atomic E-state index is 5.96. The van der Waals surface area contributed by atoms with Crippen LogP contribution in [0.5, 0.6) is 0 Å². The molecule has 0 fully saturated rings. The molecule has 0 bridgehead atoms. The fourth-order valence-electron chi connectivity index (χ4n) is 2.66. The Morgan fingerprint density at radius 1 is 0.840 bits per heavy atom. The second kappa shape index (κ2) is 7.68. The summed E-state index contributed by atoms with van der Waals surface area (Å²) in [4.78, 5) is 7.58. The number of benzene rings is 3. The third-order valence-electron chi connectivity index (χ3n) is 3.81. The molecule has 126 valence electrons. The Balaban J connectivity index is 0.00000182. The predicted molar refractivity (Wildman–Crippen MR) is 102 cm³/mol. The molecule has 4 aromatic rings. The van der Waals surface area contributed by atoms with Crippen molar-refractivity contribution in [1.82, 2.24) is 5.10 Å². The molecule has 4 rings (SSSR count). The lowest BCUT2D eigenvalue weighted by atomic mass is 10.1. The maximum Gasteiger partial charge on any atom is 0.297 e. The van der Waals surface area contributed by atoms with E-state index in [0.29, 0.717) is 6.61 Å². The highest BCUT2D eigenvalue weighted by atomic mass is 79.9. The predicted octanol–water partition coefficient (Wildman–Crippen LogP) is 1.83. The summed E-state index contributed by atoms with van der Waals surface area (Å²) in [5.41, 5.74) is 2.92. The fourth-order valence-corrected chi connectivity index (χ4v) is 3.38. The summed E-state index contributed by atoms with van der Waals surface area (Å²) in [6.45, 7) is 0.464. The van der Waals surface area contributed by atoms with Gasteiger partial charge >= 0.3 is 0 Å². The lowest BCUT2D eigenvalue weighted by molar-refractivity contribution is -0.918. The van der Waals surface area contributed by atoms with Crippen molar-refractivity contribution in [2.75, 3.05) is 0 Å². The van der Waals surface area contributed by atoms with Crippen molar-refractivity contribution >= 4 is 53.7 Å². The van der Waals surface area contributed by atoms with Crippen molar-refractivity contribution in [3.05, 3.63) is 81.2 Å². The van der Waals surface area contributed by atoms with Gasteiger partial charge in [0.05, 0.1) is 10.5 Å². The largest absolute Gasteiger partial charge is 1.00 e. The zero-order valence-corrected chi connectivity index (χ0v) is 16.9. The molecule has 1 heterocycles. The number of rotatable bonds is 3. The zero-order chi connectivity index (χ0) is 16.5. The van der Waals surface area contributed by atoms with Gasteiger partial charge in [-0.2, -0.15) is 0 Å². The number of hydrogen-bond donors (Lipinski definition) is 0. The number of halogens is 3. The molecule has 0 aliphatic heterocycles. The van der Waals surface area contributed by atoms with Gasteiger partial charge < -0.3 is 12.4 Å². The van der Waals surface area contributed by atoms with Crippen molar-refractivity contribution in [2.45, 2.75) is 6.61 Å². The van der Waals surface area contributed by atoms with Gasteiger partial charge in [0.15, 0.2) is 6.61 Å². The molecule has 0 N–H and O–H groups in total. The van der Waals surface area contributed by atoms with E-state index in [9.17, 15) is 0 Å². The monoisotopic (exact) mass is 478 g/mol. The molecule has 0 radical (unpaired) electrons. The molecule has 3 aromatic carbocycles. The highest BCUT2D eigenvalue weighted by Gasteiger charge is 2.18. The highest BCUT2D eigenvalue weighted by Crippen LogP contribution is 2.26. The Kier molecular flexibility index (Phi) is 5.57. The molecule has 0 aliphatic rings. The third kappa shape index (κ3) is 3.78. The topological polar surface area (TPSA) is 26.0 Å². The lowest BCUT2D eigenvalue weighted by Crippen LogP contribution is -3.00. The standard InChI is InChI=1S/C19H13Br2N2O.ClH/c20-14-6-8-18-16(10-14)17-11-15(21)7-9-19(17)23(22-18)24-12-13-4-2-1-3-5-13;/h1-11H,12H2;1H/q+1;/p-1. The van der Waals surface area contributed by atoms with Crippen LogP contribution in [0.15, 0.2) is 75.7 Å². The van der Waals surface area contributed by atoms with E-state index >= 15 is 0 Å². The normalized spacial score (nSPS) is 10.6. The van der Waals surface area contributed by atoms with Crippen LogP contribution in [0.1, 0.15) is 5.56 Å².